The highest BCUT2D eigenvalue weighted by atomic mass is 16.6. The van der Waals surface area contributed by atoms with E-state index < -0.39 is 58.2 Å². The van der Waals surface area contributed by atoms with Gasteiger partial charge in [-0.1, -0.05) is 6.92 Å². The van der Waals surface area contributed by atoms with Gasteiger partial charge in [-0.3, -0.25) is 9.59 Å². The summed E-state index contributed by atoms with van der Waals surface area (Å²) in [6.45, 7) is 10.7. The van der Waals surface area contributed by atoms with Crippen molar-refractivity contribution in [2.75, 3.05) is 13.7 Å². The molecule has 0 aromatic carbocycles. The van der Waals surface area contributed by atoms with Gasteiger partial charge in [-0.15, -0.1) is 0 Å². The largest absolute Gasteiger partial charge is 0.504 e. The number of carbonyl (C=O) groups is 3. The molecule has 1 saturated carbocycles. The van der Waals surface area contributed by atoms with Crippen molar-refractivity contribution in [1.82, 2.24) is 5.32 Å². The third-order valence-electron chi connectivity index (χ3n) is 8.31. The number of aliphatic hydroxyl groups excluding tert-OH is 2. The molecule has 9 nitrogen and oxygen atoms in total. The average Bonchev–Trinajstić information content (AvgIpc) is 3.05. The summed E-state index contributed by atoms with van der Waals surface area (Å²) < 4.78 is 17.1. The topological polar surface area (TPSA) is 131 Å². The number of hydrogen-bond acceptors (Lipinski definition) is 9. The lowest BCUT2D eigenvalue weighted by molar-refractivity contribution is -0.160. The van der Waals surface area contributed by atoms with Gasteiger partial charge < -0.3 is 29.7 Å². The number of Topliss-reactive ketones (excluding diaryl/α,β-unsaturated/α-hetero) is 1. The van der Waals surface area contributed by atoms with Crippen LogP contribution in [-0.2, 0) is 28.6 Å². The molecule has 1 aliphatic heterocycles. The number of fused-ring (bicyclic) bond motifs is 4. The fourth-order valence-corrected chi connectivity index (χ4v) is 6.57. The normalized spacial score (nSPS) is 37.4. The van der Waals surface area contributed by atoms with Gasteiger partial charge in [0.05, 0.1) is 23.7 Å². The number of hydrogen-bond donors (Lipinski definition) is 3. The molecular formula is C27H37NO8. The molecule has 1 saturated heterocycles. The highest BCUT2D eigenvalue weighted by Gasteiger charge is 2.64. The molecule has 2 fully saturated rings. The summed E-state index contributed by atoms with van der Waals surface area (Å²) in [5.74, 6) is -2.69. The Bertz CT molecular complexity index is 1100. The van der Waals surface area contributed by atoms with Crippen LogP contribution in [0.2, 0.25) is 0 Å². The van der Waals surface area contributed by atoms with Gasteiger partial charge in [0.25, 0.3) is 0 Å². The molecule has 1 heterocycles. The summed E-state index contributed by atoms with van der Waals surface area (Å²) in [5, 5.41) is 25.4. The smallest absolute Gasteiger partial charge is 0.340 e. The maximum absolute atomic E-state index is 13.9. The summed E-state index contributed by atoms with van der Waals surface area (Å²) in [4.78, 5) is 39.3. The lowest BCUT2D eigenvalue weighted by Gasteiger charge is -2.54. The minimum absolute atomic E-state index is 0.00131. The first-order valence-electron chi connectivity index (χ1n) is 12.4. The van der Waals surface area contributed by atoms with E-state index in [-0.39, 0.29) is 23.7 Å². The Hall–Kier alpha value is -2.65. The number of carbonyl (C=O) groups excluding carboxylic acids is 3. The van der Waals surface area contributed by atoms with Crippen LogP contribution in [0.3, 0.4) is 0 Å². The summed E-state index contributed by atoms with van der Waals surface area (Å²) in [7, 11) is 1.48. The zero-order valence-corrected chi connectivity index (χ0v) is 22.1. The molecule has 0 spiro atoms. The van der Waals surface area contributed by atoms with Gasteiger partial charge in [-0.2, -0.15) is 0 Å². The molecule has 6 atom stereocenters. The number of nitrogens with one attached hydrogen (secondary N) is 1. The van der Waals surface area contributed by atoms with Crippen molar-refractivity contribution < 1.29 is 38.8 Å². The van der Waals surface area contributed by atoms with Crippen LogP contribution in [0, 0.1) is 16.7 Å². The van der Waals surface area contributed by atoms with Gasteiger partial charge >= 0.3 is 11.9 Å². The summed E-state index contributed by atoms with van der Waals surface area (Å²) in [6.07, 6.45) is 0.401. The minimum Gasteiger partial charge on any atom is -0.504 e. The van der Waals surface area contributed by atoms with E-state index in [2.05, 4.69) is 5.32 Å². The molecule has 0 bridgehead atoms. The third-order valence-corrected chi connectivity index (χ3v) is 8.31. The zero-order chi connectivity index (χ0) is 26.8. The number of cyclic esters (lactones) is 1. The molecule has 198 valence electrons. The number of rotatable bonds is 4. The first-order valence-corrected chi connectivity index (χ1v) is 12.4. The highest BCUT2D eigenvalue weighted by Crippen LogP contribution is 2.63. The second kappa shape index (κ2) is 8.73. The predicted molar refractivity (Wildman–Crippen MR) is 130 cm³/mol. The highest BCUT2D eigenvalue weighted by molar-refractivity contribution is 6.13. The van der Waals surface area contributed by atoms with Crippen LogP contribution in [0.4, 0.5) is 0 Å². The SMILES string of the molecule is COC[C@H]1OC(=O)/C(=C/NC(C)(C)C)C2=C(O)C(=O)C3=C([C@H](OC(C)=O)C[C@]4(C)[C@@H](O)CC[C@@H]34)[C@]21C. The number of methoxy groups -OCH3 is 1. The Morgan fingerprint density at radius 1 is 1.25 bits per heavy atom. The first-order chi connectivity index (χ1) is 16.7. The van der Waals surface area contributed by atoms with Crippen LogP contribution in [0.25, 0.3) is 0 Å². The Kier molecular flexibility index (Phi) is 6.41. The van der Waals surface area contributed by atoms with Crippen molar-refractivity contribution >= 4 is 17.7 Å². The average molecular weight is 504 g/mol. The number of ether oxygens (including phenoxy) is 3. The van der Waals surface area contributed by atoms with Gasteiger partial charge in [-0.05, 0) is 58.4 Å². The van der Waals surface area contributed by atoms with Crippen LogP contribution in [0.15, 0.2) is 34.3 Å². The Balaban J connectivity index is 2.01. The molecular weight excluding hydrogens is 466 g/mol. The third kappa shape index (κ3) is 3.87. The van der Waals surface area contributed by atoms with Crippen LogP contribution < -0.4 is 5.32 Å². The predicted octanol–water partition coefficient (Wildman–Crippen LogP) is 2.64. The second-order valence-electron chi connectivity index (χ2n) is 11.8. The van der Waals surface area contributed by atoms with Crippen molar-refractivity contribution in [1.29, 1.82) is 0 Å². The fraction of sp³-hybridized carbons (Fsp3) is 0.667. The molecule has 3 aliphatic carbocycles. The Morgan fingerprint density at radius 3 is 2.50 bits per heavy atom. The van der Waals surface area contributed by atoms with Crippen LogP contribution >= 0.6 is 0 Å². The van der Waals surface area contributed by atoms with Gasteiger partial charge in [0, 0.05) is 42.3 Å². The molecule has 0 radical (unpaired) electrons. The van der Waals surface area contributed by atoms with E-state index in [9.17, 15) is 24.6 Å². The molecule has 9 heteroatoms. The first kappa shape index (κ1) is 26.4. The van der Waals surface area contributed by atoms with E-state index in [0.717, 1.165) is 0 Å². The Morgan fingerprint density at radius 2 is 1.92 bits per heavy atom. The van der Waals surface area contributed by atoms with E-state index in [0.29, 0.717) is 30.4 Å². The van der Waals surface area contributed by atoms with E-state index in [4.69, 9.17) is 14.2 Å². The maximum Gasteiger partial charge on any atom is 0.340 e. The Labute approximate surface area is 211 Å². The van der Waals surface area contributed by atoms with Gasteiger partial charge in [-0.25, -0.2) is 4.79 Å². The lowest BCUT2D eigenvalue weighted by atomic mass is 9.53. The summed E-state index contributed by atoms with van der Waals surface area (Å²) in [5.41, 5.74) is -1.28. The molecule has 0 aromatic rings. The van der Waals surface area contributed by atoms with Crippen LogP contribution in [0.5, 0.6) is 0 Å². The van der Waals surface area contributed by atoms with E-state index in [1.54, 1.807) is 6.92 Å². The monoisotopic (exact) mass is 503 g/mol. The van der Waals surface area contributed by atoms with Crippen molar-refractivity contribution in [2.24, 2.45) is 16.7 Å². The van der Waals surface area contributed by atoms with Crippen molar-refractivity contribution in [3.8, 4) is 0 Å². The molecule has 3 N–H and O–H groups in total. The minimum atomic E-state index is -1.21. The van der Waals surface area contributed by atoms with E-state index in [1.165, 1.54) is 20.2 Å². The molecule has 4 rings (SSSR count). The standard InChI is InChI=1S/C27H37NO8/c1-13(29)35-16-10-26(5)15(8-9-17(26)30)19-21(16)27(6)18(12-34-7)36-24(33)14(11-28-25(2,3)4)20(27)23(32)22(19)31/h11,15-18,28,30,32H,8-10,12H2,1-7H3/b14-11+/t15-,16+,17-,18+,26-,27-/m0/s1. The molecule has 0 unspecified atom stereocenters. The lowest BCUT2D eigenvalue weighted by Crippen LogP contribution is -2.57. The zero-order valence-electron chi connectivity index (χ0n) is 22.1. The van der Waals surface area contributed by atoms with Gasteiger partial charge in [0.2, 0.25) is 5.78 Å². The number of allylic oxidation sites excluding steroid dienone is 1. The van der Waals surface area contributed by atoms with Crippen LogP contribution in [-0.4, -0.2) is 65.5 Å². The molecule has 4 aliphatic rings. The molecule has 0 aromatic heterocycles. The number of esters is 2. The van der Waals surface area contributed by atoms with Crippen molar-refractivity contribution in [2.45, 2.75) is 84.7 Å². The van der Waals surface area contributed by atoms with E-state index in [1.807, 2.05) is 27.7 Å². The summed E-state index contributed by atoms with van der Waals surface area (Å²) in [6, 6.07) is 0. The quantitative estimate of drug-likeness (QED) is 0.391. The molecule has 36 heavy (non-hydrogen) atoms. The summed E-state index contributed by atoms with van der Waals surface area (Å²) >= 11 is 0. The van der Waals surface area contributed by atoms with Crippen molar-refractivity contribution in [3.63, 3.8) is 0 Å². The van der Waals surface area contributed by atoms with E-state index >= 15 is 0 Å². The van der Waals surface area contributed by atoms with Crippen molar-refractivity contribution in [3.05, 3.63) is 34.3 Å². The number of aliphatic hydroxyl groups is 2. The number of ketones is 1. The van der Waals surface area contributed by atoms with Gasteiger partial charge in [0.1, 0.15) is 12.2 Å². The second-order valence-corrected chi connectivity index (χ2v) is 11.8. The maximum atomic E-state index is 13.9. The van der Waals surface area contributed by atoms with Gasteiger partial charge in [0.15, 0.2) is 5.76 Å². The fourth-order valence-electron chi connectivity index (χ4n) is 6.57. The molecule has 0 amide bonds. The van der Waals surface area contributed by atoms with Crippen LogP contribution in [0.1, 0.15) is 60.8 Å².